The molecular weight excluding hydrogens is 404 g/mol. The number of rotatable bonds is 7. The first-order valence-corrected chi connectivity index (χ1v) is 11.3. The van der Waals surface area contributed by atoms with Crippen LogP contribution in [-0.4, -0.2) is 61.7 Å². The number of nitrogens with zero attached hydrogens (tertiary/aromatic N) is 3. The van der Waals surface area contributed by atoms with Gasteiger partial charge in [-0.2, -0.15) is 4.98 Å². The van der Waals surface area contributed by atoms with Crippen LogP contribution >= 0.6 is 0 Å². The molecule has 3 aromatic rings. The Hall–Kier alpha value is -3.32. The number of unbranched alkanes of at least 4 members (excludes halogenated alkanes) is 1. The molecule has 0 unspecified atom stereocenters. The third kappa shape index (κ3) is 4.62. The summed E-state index contributed by atoms with van der Waals surface area (Å²) in [6.07, 6.45) is 2.05. The van der Waals surface area contributed by atoms with E-state index in [4.69, 9.17) is 9.47 Å². The Balaban J connectivity index is 1.04. The van der Waals surface area contributed by atoms with E-state index < -0.39 is 0 Å². The lowest BCUT2D eigenvalue weighted by Crippen LogP contribution is -2.46. The molecule has 0 spiro atoms. The summed E-state index contributed by atoms with van der Waals surface area (Å²) in [5.74, 6) is 1.34. The first-order valence-electron chi connectivity index (χ1n) is 11.3. The van der Waals surface area contributed by atoms with Crippen molar-refractivity contribution >= 4 is 28.2 Å². The number of pyridine rings is 1. The number of amides is 1. The van der Waals surface area contributed by atoms with Gasteiger partial charge in [-0.15, -0.1) is 0 Å². The van der Waals surface area contributed by atoms with Crippen molar-refractivity contribution in [3.8, 4) is 11.6 Å². The van der Waals surface area contributed by atoms with E-state index in [9.17, 15) is 4.79 Å². The molecule has 5 rings (SSSR count). The standard InChI is InChI=1S/C25H28N4O3/c30-23-18-32-22-10-11-24(27-25(22)26-23)31-17-4-3-12-28-13-15-29(16-14-28)21-9-5-7-19-6-1-2-8-20(19)21/h1-2,5-11H,3-4,12-18H2,(H,26,27,30). The normalized spacial score (nSPS) is 16.4. The summed E-state index contributed by atoms with van der Waals surface area (Å²) in [7, 11) is 0. The van der Waals surface area contributed by atoms with E-state index in [1.165, 1.54) is 16.5 Å². The largest absolute Gasteiger partial charge is 0.480 e. The van der Waals surface area contributed by atoms with E-state index in [1.54, 1.807) is 12.1 Å². The fourth-order valence-electron chi connectivity index (χ4n) is 4.34. The van der Waals surface area contributed by atoms with Gasteiger partial charge >= 0.3 is 0 Å². The van der Waals surface area contributed by atoms with Crippen molar-refractivity contribution in [2.75, 3.05) is 56.2 Å². The zero-order valence-corrected chi connectivity index (χ0v) is 18.1. The van der Waals surface area contributed by atoms with E-state index in [1.807, 2.05) is 0 Å². The molecule has 32 heavy (non-hydrogen) atoms. The number of fused-ring (bicyclic) bond motifs is 2. The number of hydrogen-bond acceptors (Lipinski definition) is 6. The molecule has 3 heterocycles. The van der Waals surface area contributed by atoms with Crippen molar-refractivity contribution in [1.29, 1.82) is 0 Å². The highest BCUT2D eigenvalue weighted by Gasteiger charge is 2.19. The third-order valence-electron chi connectivity index (χ3n) is 6.05. The van der Waals surface area contributed by atoms with E-state index in [0.29, 0.717) is 24.1 Å². The Morgan fingerprint density at radius 2 is 1.81 bits per heavy atom. The molecule has 0 radical (unpaired) electrons. The second-order valence-electron chi connectivity index (χ2n) is 8.22. The summed E-state index contributed by atoms with van der Waals surface area (Å²) in [6.45, 7) is 5.98. The molecule has 1 aromatic heterocycles. The maximum Gasteiger partial charge on any atom is 0.263 e. The summed E-state index contributed by atoms with van der Waals surface area (Å²) in [5.41, 5.74) is 1.34. The quantitative estimate of drug-likeness (QED) is 0.576. The summed E-state index contributed by atoms with van der Waals surface area (Å²) in [4.78, 5) is 20.8. The molecule has 0 aliphatic carbocycles. The van der Waals surface area contributed by atoms with E-state index in [-0.39, 0.29) is 12.5 Å². The van der Waals surface area contributed by atoms with E-state index in [0.717, 1.165) is 45.6 Å². The number of aromatic nitrogens is 1. The molecule has 1 amide bonds. The highest BCUT2D eigenvalue weighted by Crippen LogP contribution is 2.28. The predicted octanol–water partition coefficient (Wildman–Crippen LogP) is 3.55. The van der Waals surface area contributed by atoms with Gasteiger partial charge in [-0.1, -0.05) is 36.4 Å². The van der Waals surface area contributed by atoms with E-state index in [2.05, 4.69) is 62.6 Å². The maximum absolute atomic E-state index is 11.4. The van der Waals surface area contributed by atoms with Crippen LogP contribution in [0.2, 0.25) is 0 Å². The smallest absolute Gasteiger partial charge is 0.263 e. The van der Waals surface area contributed by atoms with Crippen LogP contribution in [0.4, 0.5) is 11.5 Å². The number of carbonyl (C=O) groups is 1. The summed E-state index contributed by atoms with van der Waals surface area (Å²) >= 11 is 0. The highest BCUT2D eigenvalue weighted by atomic mass is 16.5. The molecule has 7 nitrogen and oxygen atoms in total. The SMILES string of the molecule is O=C1COc2ccc(OCCCCN3CCN(c4cccc5ccccc45)CC3)nc2N1. The van der Waals surface area contributed by atoms with Crippen molar-refractivity contribution in [1.82, 2.24) is 9.88 Å². The molecule has 1 N–H and O–H groups in total. The highest BCUT2D eigenvalue weighted by molar-refractivity contribution is 5.94. The molecule has 1 saturated heterocycles. The molecule has 1 fully saturated rings. The minimum Gasteiger partial charge on any atom is -0.480 e. The summed E-state index contributed by atoms with van der Waals surface area (Å²) in [5, 5.41) is 5.34. The molecule has 0 bridgehead atoms. The molecule has 0 atom stereocenters. The van der Waals surface area contributed by atoms with Gasteiger partial charge < -0.3 is 19.7 Å². The molecule has 7 heteroatoms. The lowest BCUT2D eigenvalue weighted by molar-refractivity contribution is -0.118. The van der Waals surface area contributed by atoms with Gasteiger partial charge in [0.1, 0.15) is 0 Å². The number of piperazine rings is 1. The first kappa shape index (κ1) is 20.6. The third-order valence-corrected chi connectivity index (χ3v) is 6.05. The van der Waals surface area contributed by atoms with Gasteiger partial charge in [-0.3, -0.25) is 9.69 Å². The fourth-order valence-corrected chi connectivity index (χ4v) is 4.34. The zero-order valence-electron chi connectivity index (χ0n) is 18.1. The molecule has 2 aliphatic heterocycles. The Labute approximate surface area is 187 Å². The van der Waals surface area contributed by atoms with Gasteiger partial charge in [0.2, 0.25) is 5.88 Å². The van der Waals surface area contributed by atoms with Gasteiger partial charge in [0, 0.05) is 43.3 Å². The first-order chi connectivity index (χ1) is 15.8. The number of hydrogen-bond donors (Lipinski definition) is 1. The Kier molecular flexibility index (Phi) is 6.07. The van der Waals surface area contributed by atoms with Crippen LogP contribution in [0.25, 0.3) is 10.8 Å². The van der Waals surface area contributed by atoms with E-state index >= 15 is 0 Å². The van der Waals surface area contributed by atoms with Crippen molar-refractivity contribution in [3.63, 3.8) is 0 Å². The lowest BCUT2D eigenvalue weighted by Gasteiger charge is -2.36. The maximum atomic E-state index is 11.4. The molecule has 166 valence electrons. The van der Waals surface area contributed by atoms with Crippen LogP contribution in [0.15, 0.2) is 54.6 Å². The monoisotopic (exact) mass is 432 g/mol. The van der Waals surface area contributed by atoms with Crippen molar-refractivity contribution < 1.29 is 14.3 Å². The minimum absolute atomic E-state index is 0.0328. The fraction of sp³-hybridized carbons (Fsp3) is 0.360. The van der Waals surface area contributed by atoms with Crippen LogP contribution in [-0.2, 0) is 4.79 Å². The number of carbonyl (C=O) groups excluding carboxylic acids is 1. The minimum atomic E-state index is -0.192. The van der Waals surface area contributed by atoms with Crippen molar-refractivity contribution in [3.05, 3.63) is 54.6 Å². The van der Waals surface area contributed by atoms with Crippen LogP contribution < -0.4 is 19.7 Å². The Morgan fingerprint density at radius 1 is 0.969 bits per heavy atom. The number of benzene rings is 2. The summed E-state index contributed by atoms with van der Waals surface area (Å²) in [6, 6.07) is 18.8. The van der Waals surface area contributed by atoms with Gasteiger partial charge in [-0.05, 0) is 36.9 Å². The second kappa shape index (κ2) is 9.44. The number of ether oxygens (including phenoxy) is 2. The molecule has 2 aliphatic rings. The van der Waals surface area contributed by atoms with Gasteiger partial charge in [0.05, 0.1) is 6.61 Å². The summed E-state index contributed by atoms with van der Waals surface area (Å²) < 4.78 is 11.1. The Bertz CT molecular complexity index is 1090. The van der Waals surface area contributed by atoms with Crippen molar-refractivity contribution in [2.45, 2.75) is 12.8 Å². The molecule has 0 saturated carbocycles. The van der Waals surface area contributed by atoms with Crippen LogP contribution in [0.5, 0.6) is 11.6 Å². The van der Waals surface area contributed by atoms with Crippen LogP contribution in [0.3, 0.4) is 0 Å². The lowest BCUT2D eigenvalue weighted by atomic mass is 10.1. The van der Waals surface area contributed by atoms with Gasteiger partial charge in [0.25, 0.3) is 5.91 Å². The van der Waals surface area contributed by atoms with Gasteiger partial charge in [0.15, 0.2) is 18.2 Å². The van der Waals surface area contributed by atoms with Gasteiger partial charge in [-0.25, -0.2) is 0 Å². The van der Waals surface area contributed by atoms with Crippen LogP contribution in [0, 0.1) is 0 Å². The second-order valence-corrected chi connectivity index (χ2v) is 8.22. The zero-order chi connectivity index (χ0) is 21.8. The molecule has 2 aromatic carbocycles. The van der Waals surface area contributed by atoms with Crippen molar-refractivity contribution in [2.24, 2.45) is 0 Å². The average Bonchev–Trinajstić information content (AvgIpc) is 2.83. The topological polar surface area (TPSA) is 66.9 Å². The predicted molar refractivity (Wildman–Crippen MR) is 126 cm³/mol. The number of nitrogens with one attached hydrogen (secondary N) is 1. The number of anilines is 2. The Morgan fingerprint density at radius 3 is 2.72 bits per heavy atom. The average molecular weight is 433 g/mol. The molecular formula is C25H28N4O3. The van der Waals surface area contributed by atoms with Crippen LogP contribution in [0.1, 0.15) is 12.8 Å².